The number of aliphatic carboxylic acids is 1. The fourth-order valence-corrected chi connectivity index (χ4v) is 3.59. The molecule has 0 aliphatic carbocycles. The van der Waals surface area contributed by atoms with Crippen LogP contribution >= 0.6 is 0 Å². The van der Waals surface area contributed by atoms with Gasteiger partial charge in [0, 0.05) is 19.1 Å². The number of hydrogen-bond donors (Lipinski definition) is 1. The first-order chi connectivity index (χ1) is 8.60. The zero-order valence-corrected chi connectivity index (χ0v) is 12.9. The molecule has 0 bridgehead atoms. The number of sulfonamides is 1. The van der Waals surface area contributed by atoms with Crippen molar-refractivity contribution in [3.05, 3.63) is 0 Å². The summed E-state index contributed by atoms with van der Waals surface area (Å²) < 4.78 is 24.4. The van der Waals surface area contributed by atoms with Gasteiger partial charge in [0.2, 0.25) is 10.0 Å². The van der Waals surface area contributed by atoms with Gasteiger partial charge >= 0.3 is 5.97 Å². The second kappa shape index (κ2) is 5.76. The fourth-order valence-electron chi connectivity index (χ4n) is 2.72. The molecular weight excluding hydrogens is 268 g/mol. The molecule has 6 nitrogen and oxygen atoms in total. The first kappa shape index (κ1) is 16.4. The minimum Gasteiger partial charge on any atom is -0.480 e. The van der Waals surface area contributed by atoms with Crippen LogP contribution in [0, 0.1) is 0 Å². The number of carbonyl (C=O) groups is 1. The van der Waals surface area contributed by atoms with Crippen molar-refractivity contribution < 1.29 is 18.3 Å². The van der Waals surface area contributed by atoms with E-state index in [0.717, 1.165) is 0 Å². The lowest BCUT2D eigenvalue weighted by Crippen LogP contribution is -2.57. The van der Waals surface area contributed by atoms with Crippen molar-refractivity contribution in [3.8, 4) is 0 Å². The molecular formula is C12H24N2O4S. The molecule has 112 valence electrons. The molecule has 1 fully saturated rings. The predicted molar refractivity (Wildman–Crippen MR) is 73.5 cm³/mol. The summed E-state index contributed by atoms with van der Waals surface area (Å²) in [5, 5.41) is 9.31. The van der Waals surface area contributed by atoms with Gasteiger partial charge < -0.3 is 5.11 Å². The molecule has 19 heavy (non-hydrogen) atoms. The summed E-state index contributed by atoms with van der Waals surface area (Å²) in [5.41, 5.74) is -0.924. The molecule has 0 saturated carbocycles. The van der Waals surface area contributed by atoms with Gasteiger partial charge in [0.25, 0.3) is 0 Å². The monoisotopic (exact) mass is 292 g/mol. The van der Waals surface area contributed by atoms with Crippen molar-refractivity contribution in [1.29, 1.82) is 0 Å². The smallest absolute Gasteiger partial charge is 0.323 e. The Morgan fingerprint density at radius 1 is 1.37 bits per heavy atom. The second-order valence-electron chi connectivity index (χ2n) is 5.54. The number of carboxylic acid groups (broad SMARTS) is 1. The molecule has 1 aliphatic rings. The highest BCUT2D eigenvalue weighted by Crippen LogP contribution is 2.25. The van der Waals surface area contributed by atoms with E-state index in [9.17, 15) is 18.3 Å². The van der Waals surface area contributed by atoms with Crippen LogP contribution in [0.2, 0.25) is 0 Å². The molecule has 0 aromatic carbocycles. The quantitative estimate of drug-likeness (QED) is 0.802. The van der Waals surface area contributed by atoms with E-state index in [1.54, 1.807) is 13.8 Å². The van der Waals surface area contributed by atoms with E-state index in [-0.39, 0.29) is 6.04 Å². The van der Waals surface area contributed by atoms with Crippen LogP contribution in [-0.2, 0) is 14.8 Å². The average molecular weight is 292 g/mol. The van der Waals surface area contributed by atoms with Crippen molar-refractivity contribution in [3.63, 3.8) is 0 Å². The molecule has 7 heteroatoms. The van der Waals surface area contributed by atoms with Crippen LogP contribution in [-0.4, -0.2) is 66.2 Å². The lowest BCUT2D eigenvalue weighted by atomic mass is 9.95. The van der Waals surface area contributed by atoms with Crippen molar-refractivity contribution in [2.45, 2.75) is 45.2 Å². The molecule has 0 radical (unpaired) electrons. The number of rotatable bonds is 5. The van der Waals surface area contributed by atoms with Crippen molar-refractivity contribution in [2.75, 3.05) is 25.9 Å². The number of hydrogen-bond acceptors (Lipinski definition) is 4. The van der Waals surface area contributed by atoms with Crippen LogP contribution < -0.4 is 0 Å². The molecule has 0 aromatic rings. The maximum absolute atomic E-state index is 11.5. The lowest BCUT2D eigenvalue weighted by molar-refractivity contribution is -0.151. The third kappa shape index (κ3) is 3.67. The Bertz CT molecular complexity index is 425. The maximum Gasteiger partial charge on any atom is 0.323 e. The van der Waals surface area contributed by atoms with Gasteiger partial charge in [-0.05, 0) is 33.2 Å². The average Bonchev–Trinajstić information content (AvgIpc) is 2.28. The number of carboxylic acids is 1. The summed E-state index contributed by atoms with van der Waals surface area (Å²) in [7, 11) is -3.14. The predicted octanol–water partition coefficient (Wildman–Crippen LogP) is 0.596. The highest BCUT2D eigenvalue weighted by molar-refractivity contribution is 7.88. The van der Waals surface area contributed by atoms with E-state index in [2.05, 4.69) is 0 Å². The van der Waals surface area contributed by atoms with Gasteiger partial charge in [-0.25, -0.2) is 12.7 Å². The van der Waals surface area contributed by atoms with Crippen molar-refractivity contribution in [2.24, 2.45) is 0 Å². The SMILES string of the molecule is CCN(C1CCN(S(C)(=O)=O)CC1)C(C)(C)C(=O)O. The Kier molecular flexibility index (Phi) is 4.97. The van der Waals surface area contributed by atoms with E-state index in [1.165, 1.54) is 10.6 Å². The molecule has 0 unspecified atom stereocenters. The van der Waals surface area contributed by atoms with Crippen LogP contribution in [0.4, 0.5) is 0 Å². The van der Waals surface area contributed by atoms with Crippen LogP contribution in [0.3, 0.4) is 0 Å². The number of piperidine rings is 1. The summed E-state index contributed by atoms with van der Waals surface area (Å²) in [5.74, 6) is -0.847. The van der Waals surface area contributed by atoms with Gasteiger partial charge in [0.1, 0.15) is 5.54 Å². The Morgan fingerprint density at radius 2 is 1.84 bits per heavy atom. The first-order valence-electron chi connectivity index (χ1n) is 6.56. The Hall–Kier alpha value is -0.660. The first-order valence-corrected chi connectivity index (χ1v) is 8.40. The summed E-state index contributed by atoms with van der Waals surface area (Å²) >= 11 is 0. The minimum atomic E-state index is -3.14. The molecule has 1 saturated heterocycles. The highest BCUT2D eigenvalue weighted by atomic mass is 32.2. The Morgan fingerprint density at radius 3 is 2.16 bits per heavy atom. The summed E-state index contributed by atoms with van der Waals surface area (Å²) in [6.45, 7) is 6.91. The van der Waals surface area contributed by atoms with Gasteiger partial charge in [-0.3, -0.25) is 9.69 Å². The van der Waals surface area contributed by atoms with Gasteiger partial charge in [-0.2, -0.15) is 0 Å². The minimum absolute atomic E-state index is 0.120. The van der Waals surface area contributed by atoms with Crippen LogP contribution in [0.15, 0.2) is 0 Å². The molecule has 0 spiro atoms. The third-order valence-electron chi connectivity index (χ3n) is 3.92. The number of nitrogens with zero attached hydrogens (tertiary/aromatic N) is 2. The van der Waals surface area contributed by atoms with E-state index >= 15 is 0 Å². The Labute approximate surface area is 115 Å². The topological polar surface area (TPSA) is 77.9 Å². The van der Waals surface area contributed by atoms with Crippen LogP contribution in [0.1, 0.15) is 33.6 Å². The molecule has 0 atom stereocenters. The van der Waals surface area contributed by atoms with Crippen LogP contribution in [0.5, 0.6) is 0 Å². The molecule has 1 heterocycles. The molecule has 1 N–H and O–H groups in total. The van der Waals surface area contributed by atoms with E-state index in [1.807, 2.05) is 11.8 Å². The maximum atomic E-state index is 11.5. The van der Waals surface area contributed by atoms with Gasteiger partial charge in [0.15, 0.2) is 0 Å². The highest BCUT2D eigenvalue weighted by Gasteiger charge is 2.39. The second-order valence-corrected chi connectivity index (χ2v) is 7.53. The summed E-state index contributed by atoms with van der Waals surface area (Å²) in [6.07, 6.45) is 2.57. The lowest BCUT2D eigenvalue weighted by Gasteiger charge is -2.43. The van der Waals surface area contributed by atoms with Gasteiger partial charge in [-0.15, -0.1) is 0 Å². The van der Waals surface area contributed by atoms with Crippen molar-refractivity contribution in [1.82, 2.24) is 9.21 Å². The van der Waals surface area contributed by atoms with E-state index in [4.69, 9.17) is 0 Å². The zero-order chi connectivity index (χ0) is 14.8. The summed E-state index contributed by atoms with van der Waals surface area (Å²) in [4.78, 5) is 13.3. The largest absolute Gasteiger partial charge is 0.480 e. The number of likely N-dealkylation sites (N-methyl/N-ethyl adjacent to an activating group) is 1. The van der Waals surface area contributed by atoms with E-state index < -0.39 is 21.5 Å². The fraction of sp³-hybridized carbons (Fsp3) is 0.917. The molecule has 1 aliphatic heterocycles. The Balaban J connectivity index is 2.75. The summed E-state index contributed by atoms with van der Waals surface area (Å²) in [6, 6.07) is 0.120. The van der Waals surface area contributed by atoms with Crippen molar-refractivity contribution >= 4 is 16.0 Å². The van der Waals surface area contributed by atoms with Gasteiger partial charge in [0.05, 0.1) is 6.26 Å². The van der Waals surface area contributed by atoms with Gasteiger partial charge in [-0.1, -0.05) is 6.92 Å². The normalized spacial score (nSPS) is 19.8. The standard InChI is InChI=1S/C12H24N2O4S/c1-5-14(12(2,3)11(15)16)10-6-8-13(9-7-10)19(4,17)18/h10H,5-9H2,1-4H3,(H,15,16). The molecule has 0 aromatic heterocycles. The molecule has 0 amide bonds. The van der Waals surface area contributed by atoms with E-state index in [0.29, 0.717) is 32.5 Å². The zero-order valence-electron chi connectivity index (χ0n) is 12.1. The third-order valence-corrected chi connectivity index (χ3v) is 5.22. The molecule has 1 rings (SSSR count). The van der Waals surface area contributed by atoms with Crippen LogP contribution in [0.25, 0.3) is 0 Å².